The van der Waals surface area contributed by atoms with Gasteiger partial charge in [0.2, 0.25) is 0 Å². The minimum atomic E-state index is -0.424. The van der Waals surface area contributed by atoms with Gasteiger partial charge in [-0.05, 0) is 55.9 Å². The quantitative estimate of drug-likeness (QED) is 0.159. The number of allylic oxidation sites excluding steroid dienone is 1. The lowest BCUT2D eigenvalue weighted by molar-refractivity contribution is 0.0566. The van der Waals surface area contributed by atoms with E-state index < -0.39 is 5.82 Å². The van der Waals surface area contributed by atoms with Gasteiger partial charge < -0.3 is 9.47 Å². The lowest BCUT2D eigenvalue weighted by Crippen LogP contribution is -2.08. The van der Waals surface area contributed by atoms with Crippen LogP contribution in [-0.4, -0.2) is 29.3 Å². The van der Waals surface area contributed by atoms with Crippen LogP contribution in [0.4, 0.5) is 4.39 Å². The first-order valence-corrected chi connectivity index (χ1v) is 12.8. The summed E-state index contributed by atoms with van der Waals surface area (Å²) >= 11 is 0. The highest BCUT2D eigenvalue weighted by atomic mass is 19.1. The molecule has 3 rings (SSSR count). The molecule has 0 N–H and O–H groups in total. The van der Waals surface area contributed by atoms with Crippen molar-refractivity contribution in [1.82, 2.24) is 9.97 Å². The minimum Gasteiger partial charge on any atom is -0.486 e. The summed E-state index contributed by atoms with van der Waals surface area (Å²) in [5, 5.41) is 0. The van der Waals surface area contributed by atoms with Gasteiger partial charge in [0.05, 0.1) is 6.10 Å². The Kier molecular flexibility index (Phi) is 11.3. The Morgan fingerprint density at radius 1 is 0.972 bits per heavy atom. The van der Waals surface area contributed by atoms with Crippen LogP contribution in [0.25, 0.3) is 28.6 Å². The van der Waals surface area contributed by atoms with Crippen molar-refractivity contribution in [2.45, 2.75) is 58.5 Å². The standard InChI is InChI=1S/C31H37FN2O2/c1-4-6-10-20-35-24(3)11-8-7-9-12-25-13-15-26(16-14-25)31-33-22-28(23-34-31)27-17-18-30(29(32)21-27)36-19-5-2/h5,9,12-18,21-24H,2,4,6-8,10-11,19-20H2,1,3H3/b12-9+. The number of hydrogen-bond donors (Lipinski definition) is 0. The molecule has 0 spiro atoms. The van der Waals surface area contributed by atoms with Gasteiger partial charge in [-0.3, -0.25) is 0 Å². The molecule has 1 atom stereocenters. The fourth-order valence-corrected chi connectivity index (χ4v) is 3.78. The van der Waals surface area contributed by atoms with Gasteiger partial charge in [-0.25, -0.2) is 14.4 Å². The van der Waals surface area contributed by atoms with Crippen LogP contribution >= 0.6 is 0 Å². The van der Waals surface area contributed by atoms with Gasteiger partial charge in [0, 0.05) is 30.1 Å². The highest BCUT2D eigenvalue weighted by molar-refractivity contribution is 5.65. The Labute approximate surface area is 214 Å². The fourth-order valence-electron chi connectivity index (χ4n) is 3.78. The number of benzene rings is 2. The molecule has 0 radical (unpaired) electrons. The van der Waals surface area contributed by atoms with E-state index in [1.165, 1.54) is 18.9 Å². The summed E-state index contributed by atoms with van der Waals surface area (Å²) < 4.78 is 25.4. The predicted molar refractivity (Wildman–Crippen MR) is 146 cm³/mol. The van der Waals surface area contributed by atoms with E-state index in [2.05, 4.69) is 54.7 Å². The van der Waals surface area contributed by atoms with Gasteiger partial charge in [0.15, 0.2) is 17.4 Å². The molecule has 4 nitrogen and oxygen atoms in total. The monoisotopic (exact) mass is 488 g/mol. The van der Waals surface area contributed by atoms with Crippen molar-refractivity contribution in [2.75, 3.05) is 13.2 Å². The fraction of sp³-hybridized carbons (Fsp3) is 0.355. The molecule has 2 aromatic carbocycles. The third-order valence-corrected chi connectivity index (χ3v) is 5.88. The third kappa shape index (κ3) is 8.72. The van der Waals surface area contributed by atoms with Gasteiger partial charge in [-0.1, -0.05) is 74.9 Å². The van der Waals surface area contributed by atoms with Crippen molar-refractivity contribution in [3.05, 3.63) is 85.0 Å². The topological polar surface area (TPSA) is 44.2 Å². The van der Waals surface area contributed by atoms with Crippen molar-refractivity contribution >= 4 is 6.08 Å². The molecule has 3 aromatic rings. The zero-order chi connectivity index (χ0) is 25.6. The van der Waals surface area contributed by atoms with E-state index >= 15 is 0 Å². The Bertz CT molecular complexity index is 1090. The number of rotatable bonds is 15. The molecule has 0 amide bonds. The van der Waals surface area contributed by atoms with E-state index in [1.54, 1.807) is 30.6 Å². The minimum absolute atomic E-state index is 0.201. The summed E-state index contributed by atoms with van der Waals surface area (Å²) in [7, 11) is 0. The molecule has 190 valence electrons. The second-order valence-corrected chi connectivity index (χ2v) is 8.88. The van der Waals surface area contributed by atoms with Gasteiger partial charge in [-0.15, -0.1) is 0 Å². The SMILES string of the molecule is C=CCOc1ccc(-c2cnc(-c3ccc(/C=C/CCCC(C)OCCCCC)cc3)nc2)cc1F. The molecule has 0 saturated carbocycles. The van der Waals surface area contributed by atoms with E-state index in [0.29, 0.717) is 17.5 Å². The summed E-state index contributed by atoms with van der Waals surface area (Å²) in [6.07, 6.45) is 16.6. The second kappa shape index (κ2) is 14.9. The Morgan fingerprint density at radius 3 is 2.42 bits per heavy atom. The van der Waals surface area contributed by atoms with Crippen LogP contribution in [0, 0.1) is 5.82 Å². The smallest absolute Gasteiger partial charge is 0.165 e. The number of aromatic nitrogens is 2. The zero-order valence-corrected chi connectivity index (χ0v) is 21.5. The molecule has 0 bridgehead atoms. The summed E-state index contributed by atoms with van der Waals surface area (Å²) in [4.78, 5) is 8.97. The van der Waals surface area contributed by atoms with E-state index in [1.807, 2.05) is 12.1 Å². The average molecular weight is 489 g/mol. The maximum atomic E-state index is 14.3. The molecule has 1 heterocycles. The number of ether oxygens (including phenoxy) is 2. The molecule has 0 fully saturated rings. The van der Waals surface area contributed by atoms with Crippen molar-refractivity contribution in [2.24, 2.45) is 0 Å². The molecule has 1 aromatic heterocycles. The number of nitrogens with zero attached hydrogens (tertiary/aromatic N) is 2. The highest BCUT2D eigenvalue weighted by Gasteiger charge is 2.08. The second-order valence-electron chi connectivity index (χ2n) is 8.88. The zero-order valence-electron chi connectivity index (χ0n) is 21.5. The van der Waals surface area contributed by atoms with Crippen molar-refractivity contribution in [3.8, 4) is 28.3 Å². The van der Waals surface area contributed by atoms with Crippen LogP contribution in [0.5, 0.6) is 5.75 Å². The van der Waals surface area contributed by atoms with Crippen LogP contribution in [0.1, 0.15) is 57.9 Å². The van der Waals surface area contributed by atoms with Gasteiger partial charge in [0.25, 0.3) is 0 Å². The van der Waals surface area contributed by atoms with Gasteiger partial charge in [-0.2, -0.15) is 0 Å². The molecule has 1 unspecified atom stereocenters. The first-order valence-electron chi connectivity index (χ1n) is 12.8. The number of unbranched alkanes of at least 4 members (excludes halogenated alkanes) is 3. The molecular formula is C31H37FN2O2. The van der Waals surface area contributed by atoms with Crippen LogP contribution in [0.3, 0.4) is 0 Å². The summed E-state index contributed by atoms with van der Waals surface area (Å²) in [6.45, 7) is 9.09. The lowest BCUT2D eigenvalue weighted by atomic mass is 10.1. The Balaban J connectivity index is 1.49. The van der Waals surface area contributed by atoms with E-state index in [9.17, 15) is 4.39 Å². The van der Waals surface area contributed by atoms with Crippen molar-refractivity contribution < 1.29 is 13.9 Å². The van der Waals surface area contributed by atoms with E-state index in [4.69, 9.17) is 9.47 Å². The number of hydrogen-bond acceptors (Lipinski definition) is 4. The van der Waals surface area contributed by atoms with E-state index in [0.717, 1.165) is 49.0 Å². The molecule has 0 saturated heterocycles. The molecule has 0 aliphatic heterocycles. The van der Waals surface area contributed by atoms with Gasteiger partial charge in [0.1, 0.15) is 6.61 Å². The largest absolute Gasteiger partial charge is 0.486 e. The van der Waals surface area contributed by atoms with Crippen molar-refractivity contribution in [3.63, 3.8) is 0 Å². The average Bonchev–Trinajstić information content (AvgIpc) is 2.91. The maximum absolute atomic E-state index is 14.3. The third-order valence-electron chi connectivity index (χ3n) is 5.88. The summed E-state index contributed by atoms with van der Waals surface area (Å²) in [6, 6.07) is 13.0. The lowest BCUT2D eigenvalue weighted by Gasteiger charge is -2.11. The molecule has 0 aliphatic rings. The van der Waals surface area contributed by atoms with Gasteiger partial charge >= 0.3 is 0 Å². The molecular weight excluding hydrogens is 451 g/mol. The molecule has 5 heteroatoms. The number of halogens is 1. The van der Waals surface area contributed by atoms with Crippen LogP contribution in [-0.2, 0) is 4.74 Å². The van der Waals surface area contributed by atoms with Crippen LogP contribution < -0.4 is 4.74 Å². The molecule has 0 aliphatic carbocycles. The maximum Gasteiger partial charge on any atom is 0.165 e. The van der Waals surface area contributed by atoms with E-state index in [-0.39, 0.29) is 12.4 Å². The Morgan fingerprint density at radius 2 is 1.72 bits per heavy atom. The van der Waals surface area contributed by atoms with Crippen LogP contribution in [0.15, 0.2) is 73.6 Å². The summed E-state index contributed by atoms with van der Waals surface area (Å²) in [5.74, 6) is 0.410. The Hall–Kier alpha value is -3.31. The first-order chi connectivity index (χ1) is 17.6. The molecule has 36 heavy (non-hydrogen) atoms. The van der Waals surface area contributed by atoms with Crippen molar-refractivity contribution in [1.29, 1.82) is 0 Å². The highest BCUT2D eigenvalue weighted by Crippen LogP contribution is 2.26. The first kappa shape index (κ1) is 27.3. The predicted octanol–water partition coefficient (Wildman–Crippen LogP) is 8.29. The summed E-state index contributed by atoms with van der Waals surface area (Å²) in [5.41, 5.74) is 3.52. The van der Waals surface area contributed by atoms with Crippen LogP contribution in [0.2, 0.25) is 0 Å². The normalized spacial score (nSPS) is 12.1.